The summed E-state index contributed by atoms with van der Waals surface area (Å²) in [5.41, 5.74) is 3.82. The van der Waals surface area contributed by atoms with E-state index >= 15 is 0 Å². The van der Waals surface area contributed by atoms with Gasteiger partial charge in [-0.25, -0.2) is 9.82 Å². The Morgan fingerprint density at radius 2 is 1.95 bits per heavy atom. The monoisotopic (exact) mass is 301 g/mol. The van der Waals surface area contributed by atoms with Gasteiger partial charge in [-0.1, -0.05) is 12.1 Å². The molecule has 2 rings (SSSR count). The Bertz CT molecular complexity index is 657. The highest BCUT2D eigenvalue weighted by atomic mass is 19.1. The zero-order valence-electron chi connectivity index (χ0n) is 12.0. The largest absolute Gasteiger partial charge is 0.496 e. The molecule has 0 saturated carbocycles. The molecule has 0 bridgehead atoms. The van der Waals surface area contributed by atoms with Crippen LogP contribution in [0.25, 0.3) is 0 Å². The quantitative estimate of drug-likeness (QED) is 0.636. The smallest absolute Gasteiger partial charge is 0.259 e. The average Bonchev–Trinajstić information content (AvgIpc) is 2.55. The molecule has 2 aromatic rings. The lowest BCUT2D eigenvalue weighted by atomic mass is 10.2. The number of halogens is 1. The van der Waals surface area contributed by atoms with Crippen LogP contribution in [0.2, 0.25) is 0 Å². The number of carbonyl (C=O) groups excluding carboxylic acids is 1. The van der Waals surface area contributed by atoms with Crippen LogP contribution in [-0.2, 0) is 4.79 Å². The van der Waals surface area contributed by atoms with E-state index in [1.807, 2.05) is 18.2 Å². The van der Waals surface area contributed by atoms with Gasteiger partial charge in [0.2, 0.25) is 0 Å². The SMILES string of the molecule is COc1ccccc1/C=N\NC(=O)CNc1ccc(F)cc1. The van der Waals surface area contributed by atoms with Gasteiger partial charge in [0.05, 0.1) is 19.9 Å². The molecule has 0 aromatic heterocycles. The molecule has 114 valence electrons. The third-order valence-corrected chi connectivity index (χ3v) is 2.83. The average molecular weight is 301 g/mol. The molecule has 1 amide bonds. The molecule has 0 saturated heterocycles. The van der Waals surface area contributed by atoms with Gasteiger partial charge in [0.15, 0.2) is 0 Å². The number of hydrazone groups is 1. The highest BCUT2D eigenvalue weighted by molar-refractivity contribution is 5.86. The van der Waals surface area contributed by atoms with Gasteiger partial charge >= 0.3 is 0 Å². The minimum atomic E-state index is -0.323. The van der Waals surface area contributed by atoms with Crippen LogP contribution in [0.5, 0.6) is 5.75 Å². The van der Waals surface area contributed by atoms with Gasteiger partial charge in [-0.2, -0.15) is 5.10 Å². The third kappa shape index (κ3) is 4.59. The maximum absolute atomic E-state index is 12.7. The number of nitrogens with one attached hydrogen (secondary N) is 2. The first-order valence-electron chi connectivity index (χ1n) is 6.63. The van der Waals surface area contributed by atoms with Crippen molar-refractivity contribution in [2.75, 3.05) is 19.0 Å². The molecule has 0 radical (unpaired) electrons. The van der Waals surface area contributed by atoms with Crippen LogP contribution in [0.3, 0.4) is 0 Å². The molecule has 6 heteroatoms. The molecule has 2 N–H and O–H groups in total. The minimum Gasteiger partial charge on any atom is -0.496 e. The van der Waals surface area contributed by atoms with Crippen molar-refractivity contribution in [2.24, 2.45) is 5.10 Å². The van der Waals surface area contributed by atoms with Crippen molar-refractivity contribution in [3.8, 4) is 5.75 Å². The predicted octanol–water partition coefficient (Wildman–Crippen LogP) is 2.40. The van der Waals surface area contributed by atoms with Crippen LogP contribution >= 0.6 is 0 Å². The molecule has 0 fully saturated rings. The van der Waals surface area contributed by atoms with E-state index in [0.717, 1.165) is 5.56 Å². The van der Waals surface area contributed by atoms with E-state index in [2.05, 4.69) is 15.8 Å². The maximum Gasteiger partial charge on any atom is 0.259 e. The zero-order chi connectivity index (χ0) is 15.8. The third-order valence-electron chi connectivity index (χ3n) is 2.83. The van der Waals surface area contributed by atoms with E-state index in [1.165, 1.54) is 18.3 Å². The van der Waals surface area contributed by atoms with Crippen molar-refractivity contribution in [3.05, 3.63) is 59.9 Å². The van der Waals surface area contributed by atoms with Gasteiger partial charge in [-0.15, -0.1) is 0 Å². The number of hydrogen-bond acceptors (Lipinski definition) is 4. The fourth-order valence-electron chi connectivity index (χ4n) is 1.74. The summed E-state index contributed by atoms with van der Waals surface area (Å²) in [6.07, 6.45) is 1.51. The highest BCUT2D eigenvalue weighted by Gasteiger charge is 2.01. The number of ether oxygens (including phenoxy) is 1. The summed E-state index contributed by atoms with van der Waals surface area (Å²) in [6, 6.07) is 13.1. The van der Waals surface area contributed by atoms with Crippen molar-refractivity contribution in [1.29, 1.82) is 0 Å². The summed E-state index contributed by atoms with van der Waals surface area (Å²) in [7, 11) is 1.57. The van der Waals surface area contributed by atoms with Crippen molar-refractivity contribution in [2.45, 2.75) is 0 Å². The second-order valence-corrected chi connectivity index (χ2v) is 4.40. The first kappa shape index (κ1) is 15.5. The van der Waals surface area contributed by atoms with Crippen molar-refractivity contribution >= 4 is 17.8 Å². The van der Waals surface area contributed by atoms with Crippen LogP contribution in [0, 0.1) is 5.82 Å². The maximum atomic E-state index is 12.7. The number of nitrogens with zero attached hydrogens (tertiary/aromatic N) is 1. The molecule has 0 spiro atoms. The Hall–Kier alpha value is -2.89. The number of anilines is 1. The van der Waals surface area contributed by atoms with Gasteiger partial charge < -0.3 is 10.1 Å². The zero-order valence-corrected chi connectivity index (χ0v) is 12.0. The summed E-state index contributed by atoms with van der Waals surface area (Å²) in [4.78, 5) is 11.6. The summed E-state index contributed by atoms with van der Waals surface area (Å²) < 4.78 is 17.9. The lowest BCUT2D eigenvalue weighted by Crippen LogP contribution is -2.25. The van der Waals surface area contributed by atoms with E-state index in [9.17, 15) is 9.18 Å². The Labute approximate surface area is 127 Å². The number of para-hydroxylation sites is 1. The molecular formula is C16H16FN3O2. The van der Waals surface area contributed by atoms with E-state index in [-0.39, 0.29) is 18.3 Å². The highest BCUT2D eigenvalue weighted by Crippen LogP contribution is 2.14. The molecule has 0 aliphatic carbocycles. The number of carbonyl (C=O) groups is 1. The molecule has 0 atom stereocenters. The number of rotatable bonds is 6. The topological polar surface area (TPSA) is 62.7 Å². The first-order chi connectivity index (χ1) is 10.7. The van der Waals surface area contributed by atoms with E-state index in [4.69, 9.17) is 4.74 Å². The van der Waals surface area contributed by atoms with Crippen LogP contribution in [0.15, 0.2) is 53.6 Å². The minimum absolute atomic E-state index is 0.0366. The second kappa shape index (κ2) is 7.78. The molecule has 0 unspecified atom stereocenters. The predicted molar refractivity (Wildman–Crippen MR) is 83.6 cm³/mol. The van der Waals surface area contributed by atoms with Gasteiger partial charge in [0, 0.05) is 11.3 Å². The first-order valence-corrected chi connectivity index (χ1v) is 6.63. The summed E-state index contributed by atoms with van der Waals surface area (Å²) >= 11 is 0. The lowest BCUT2D eigenvalue weighted by molar-refractivity contribution is -0.119. The summed E-state index contributed by atoms with van der Waals surface area (Å²) in [5.74, 6) is 0.0387. The number of hydrogen-bond donors (Lipinski definition) is 2. The van der Waals surface area contributed by atoms with Gasteiger partial charge in [0.1, 0.15) is 11.6 Å². The van der Waals surface area contributed by atoms with Crippen molar-refractivity contribution < 1.29 is 13.9 Å². The fraction of sp³-hybridized carbons (Fsp3) is 0.125. The van der Waals surface area contributed by atoms with Gasteiger partial charge in [0.25, 0.3) is 5.91 Å². The van der Waals surface area contributed by atoms with E-state index < -0.39 is 0 Å². The van der Waals surface area contributed by atoms with Crippen molar-refractivity contribution in [1.82, 2.24) is 5.43 Å². The molecular weight excluding hydrogens is 285 g/mol. The Kier molecular flexibility index (Phi) is 5.48. The molecule has 22 heavy (non-hydrogen) atoms. The second-order valence-electron chi connectivity index (χ2n) is 4.40. The van der Waals surface area contributed by atoms with Gasteiger partial charge in [-0.05, 0) is 36.4 Å². The van der Waals surface area contributed by atoms with Crippen LogP contribution in [0.4, 0.5) is 10.1 Å². The molecule has 0 heterocycles. The van der Waals surface area contributed by atoms with Crippen LogP contribution < -0.4 is 15.5 Å². The Morgan fingerprint density at radius 1 is 1.23 bits per heavy atom. The van der Waals surface area contributed by atoms with E-state index in [1.54, 1.807) is 25.3 Å². The normalized spacial score (nSPS) is 10.5. The van der Waals surface area contributed by atoms with Gasteiger partial charge in [-0.3, -0.25) is 4.79 Å². The van der Waals surface area contributed by atoms with E-state index in [0.29, 0.717) is 11.4 Å². The van der Waals surface area contributed by atoms with Crippen LogP contribution in [0.1, 0.15) is 5.56 Å². The molecule has 2 aromatic carbocycles. The van der Waals surface area contributed by atoms with Crippen LogP contribution in [-0.4, -0.2) is 25.8 Å². The Morgan fingerprint density at radius 3 is 2.68 bits per heavy atom. The number of amides is 1. The molecule has 0 aliphatic rings. The standard InChI is InChI=1S/C16H16FN3O2/c1-22-15-5-3-2-4-12(15)10-19-20-16(21)11-18-14-8-6-13(17)7-9-14/h2-10,18H,11H2,1H3,(H,20,21)/b19-10-. The van der Waals surface area contributed by atoms with Crippen molar-refractivity contribution in [3.63, 3.8) is 0 Å². The Balaban J connectivity index is 1.82. The lowest BCUT2D eigenvalue weighted by Gasteiger charge is -2.05. The molecule has 5 nitrogen and oxygen atoms in total. The molecule has 0 aliphatic heterocycles. The fourth-order valence-corrected chi connectivity index (χ4v) is 1.74. The number of methoxy groups -OCH3 is 1. The number of benzene rings is 2. The summed E-state index contributed by atoms with van der Waals surface area (Å²) in [5, 5.41) is 6.74. The summed E-state index contributed by atoms with van der Waals surface area (Å²) in [6.45, 7) is 0.0366.